The molecule has 0 atom stereocenters. The molecule has 0 spiro atoms. The SMILES string of the molecule is Cc1nc(C)n(Cc2ccc(CCN)cc2)n1. The molecular weight excluding hydrogens is 212 g/mol. The fourth-order valence-electron chi connectivity index (χ4n) is 1.86. The number of hydrogen-bond donors (Lipinski definition) is 1. The van der Waals surface area contributed by atoms with Crippen LogP contribution in [0, 0.1) is 13.8 Å². The van der Waals surface area contributed by atoms with Gasteiger partial charge in [-0.25, -0.2) is 9.67 Å². The second-order valence-electron chi connectivity index (χ2n) is 4.22. The molecule has 0 aliphatic rings. The molecule has 2 rings (SSSR count). The van der Waals surface area contributed by atoms with Crippen LogP contribution in [0.4, 0.5) is 0 Å². The molecular formula is C13H18N4. The Hall–Kier alpha value is -1.68. The van der Waals surface area contributed by atoms with E-state index < -0.39 is 0 Å². The molecule has 1 aromatic heterocycles. The number of aromatic nitrogens is 3. The highest BCUT2D eigenvalue weighted by atomic mass is 15.3. The number of aryl methyl sites for hydroxylation is 2. The summed E-state index contributed by atoms with van der Waals surface area (Å²) in [4.78, 5) is 4.29. The molecule has 2 aromatic rings. The fourth-order valence-corrected chi connectivity index (χ4v) is 1.86. The largest absolute Gasteiger partial charge is 0.330 e. The Labute approximate surface area is 101 Å². The Balaban J connectivity index is 2.11. The van der Waals surface area contributed by atoms with E-state index >= 15 is 0 Å². The molecule has 4 nitrogen and oxygen atoms in total. The van der Waals surface area contributed by atoms with E-state index in [1.165, 1.54) is 11.1 Å². The van der Waals surface area contributed by atoms with Crippen LogP contribution in [0.25, 0.3) is 0 Å². The second-order valence-corrected chi connectivity index (χ2v) is 4.22. The maximum atomic E-state index is 5.52. The average Bonchev–Trinajstić information content (AvgIpc) is 2.61. The lowest BCUT2D eigenvalue weighted by Gasteiger charge is -2.05. The predicted molar refractivity (Wildman–Crippen MR) is 67.8 cm³/mol. The third-order valence-corrected chi connectivity index (χ3v) is 2.75. The number of nitrogens with zero attached hydrogens (tertiary/aromatic N) is 3. The van der Waals surface area contributed by atoms with Crippen LogP contribution in [0.5, 0.6) is 0 Å². The van der Waals surface area contributed by atoms with Gasteiger partial charge in [-0.3, -0.25) is 0 Å². The van der Waals surface area contributed by atoms with E-state index in [-0.39, 0.29) is 0 Å². The predicted octanol–water partition coefficient (Wildman–Crippen LogP) is 1.44. The van der Waals surface area contributed by atoms with Gasteiger partial charge < -0.3 is 5.73 Å². The van der Waals surface area contributed by atoms with Crippen LogP contribution in [0.15, 0.2) is 24.3 Å². The summed E-state index contributed by atoms with van der Waals surface area (Å²) in [6.45, 7) is 5.35. The summed E-state index contributed by atoms with van der Waals surface area (Å²) < 4.78 is 1.92. The van der Waals surface area contributed by atoms with Crippen LogP contribution in [0.2, 0.25) is 0 Å². The smallest absolute Gasteiger partial charge is 0.147 e. The molecule has 0 amide bonds. The third-order valence-electron chi connectivity index (χ3n) is 2.75. The van der Waals surface area contributed by atoms with Gasteiger partial charge in [0.1, 0.15) is 11.6 Å². The minimum absolute atomic E-state index is 0.695. The van der Waals surface area contributed by atoms with Gasteiger partial charge in [0.2, 0.25) is 0 Å². The Morgan fingerprint density at radius 3 is 2.29 bits per heavy atom. The van der Waals surface area contributed by atoms with Gasteiger partial charge in [0.25, 0.3) is 0 Å². The number of rotatable bonds is 4. The highest BCUT2D eigenvalue weighted by Crippen LogP contribution is 2.07. The van der Waals surface area contributed by atoms with Gasteiger partial charge in [-0.15, -0.1) is 0 Å². The molecule has 1 aromatic carbocycles. The maximum absolute atomic E-state index is 5.52. The first kappa shape index (κ1) is 11.8. The van der Waals surface area contributed by atoms with E-state index in [1.54, 1.807) is 0 Å². The zero-order valence-electron chi connectivity index (χ0n) is 10.3. The molecule has 0 aliphatic heterocycles. The highest BCUT2D eigenvalue weighted by molar-refractivity contribution is 5.23. The molecule has 0 aliphatic carbocycles. The number of benzene rings is 1. The first-order valence-electron chi connectivity index (χ1n) is 5.85. The van der Waals surface area contributed by atoms with Gasteiger partial charge >= 0.3 is 0 Å². The number of hydrogen-bond acceptors (Lipinski definition) is 3. The molecule has 4 heteroatoms. The van der Waals surface area contributed by atoms with Crippen LogP contribution >= 0.6 is 0 Å². The van der Waals surface area contributed by atoms with E-state index in [0.29, 0.717) is 6.54 Å². The normalized spacial score (nSPS) is 10.8. The van der Waals surface area contributed by atoms with Crippen molar-refractivity contribution in [1.82, 2.24) is 14.8 Å². The van der Waals surface area contributed by atoms with Crippen molar-refractivity contribution >= 4 is 0 Å². The van der Waals surface area contributed by atoms with Gasteiger partial charge in [0, 0.05) is 0 Å². The van der Waals surface area contributed by atoms with Gasteiger partial charge in [-0.05, 0) is 37.9 Å². The first-order valence-corrected chi connectivity index (χ1v) is 5.85. The van der Waals surface area contributed by atoms with Crippen molar-refractivity contribution < 1.29 is 0 Å². The molecule has 2 N–H and O–H groups in total. The zero-order chi connectivity index (χ0) is 12.3. The van der Waals surface area contributed by atoms with Crippen LogP contribution in [-0.2, 0) is 13.0 Å². The molecule has 0 saturated heterocycles. The standard InChI is InChI=1S/C13H18N4/c1-10-15-11(2)17(16-10)9-13-5-3-12(4-6-13)7-8-14/h3-6H,7-9,14H2,1-2H3. The highest BCUT2D eigenvalue weighted by Gasteiger charge is 2.03. The molecule has 1 heterocycles. The molecule has 0 bridgehead atoms. The zero-order valence-corrected chi connectivity index (χ0v) is 10.3. The molecule has 17 heavy (non-hydrogen) atoms. The van der Waals surface area contributed by atoms with Gasteiger partial charge in [-0.1, -0.05) is 24.3 Å². The Bertz CT molecular complexity index is 485. The summed E-state index contributed by atoms with van der Waals surface area (Å²) in [5.74, 6) is 1.77. The van der Waals surface area contributed by atoms with Crippen LogP contribution in [0.1, 0.15) is 22.8 Å². The van der Waals surface area contributed by atoms with Gasteiger partial charge in [0.05, 0.1) is 6.54 Å². The summed E-state index contributed by atoms with van der Waals surface area (Å²) in [5.41, 5.74) is 8.04. The van der Waals surface area contributed by atoms with Crippen molar-refractivity contribution in [1.29, 1.82) is 0 Å². The van der Waals surface area contributed by atoms with E-state index in [4.69, 9.17) is 5.73 Å². The molecule has 0 fully saturated rings. The topological polar surface area (TPSA) is 56.7 Å². The van der Waals surface area contributed by atoms with E-state index in [2.05, 4.69) is 34.3 Å². The molecule has 0 radical (unpaired) electrons. The van der Waals surface area contributed by atoms with Crippen molar-refractivity contribution in [3.63, 3.8) is 0 Å². The fraction of sp³-hybridized carbons (Fsp3) is 0.385. The Morgan fingerprint density at radius 1 is 1.12 bits per heavy atom. The average molecular weight is 230 g/mol. The van der Waals surface area contributed by atoms with E-state index in [1.807, 2.05) is 18.5 Å². The molecule has 90 valence electrons. The quantitative estimate of drug-likeness (QED) is 0.864. The lowest BCUT2D eigenvalue weighted by atomic mass is 10.1. The number of nitrogens with two attached hydrogens (primary N) is 1. The Kier molecular flexibility index (Phi) is 3.54. The molecule has 0 unspecified atom stereocenters. The van der Waals surface area contributed by atoms with Crippen molar-refractivity contribution in [3.05, 3.63) is 47.0 Å². The van der Waals surface area contributed by atoms with Gasteiger partial charge in [0.15, 0.2) is 0 Å². The van der Waals surface area contributed by atoms with Crippen molar-refractivity contribution in [3.8, 4) is 0 Å². The summed E-state index contributed by atoms with van der Waals surface area (Å²) in [7, 11) is 0. The first-order chi connectivity index (χ1) is 8.19. The van der Waals surface area contributed by atoms with Crippen LogP contribution < -0.4 is 5.73 Å². The summed E-state index contributed by atoms with van der Waals surface area (Å²) >= 11 is 0. The second kappa shape index (κ2) is 5.10. The molecule has 0 saturated carbocycles. The van der Waals surface area contributed by atoms with E-state index in [0.717, 1.165) is 24.6 Å². The monoisotopic (exact) mass is 230 g/mol. The summed E-state index contributed by atoms with van der Waals surface area (Å²) in [6, 6.07) is 8.51. The van der Waals surface area contributed by atoms with Crippen molar-refractivity contribution in [2.45, 2.75) is 26.8 Å². The summed E-state index contributed by atoms with van der Waals surface area (Å²) in [6.07, 6.45) is 0.932. The van der Waals surface area contributed by atoms with Crippen molar-refractivity contribution in [2.75, 3.05) is 6.54 Å². The lowest BCUT2D eigenvalue weighted by molar-refractivity contribution is 0.656. The van der Waals surface area contributed by atoms with Gasteiger partial charge in [-0.2, -0.15) is 5.10 Å². The van der Waals surface area contributed by atoms with Crippen LogP contribution in [0.3, 0.4) is 0 Å². The lowest BCUT2D eigenvalue weighted by Crippen LogP contribution is -2.05. The maximum Gasteiger partial charge on any atom is 0.147 e. The summed E-state index contributed by atoms with van der Waals surface area (Å²) in [5, 5.41) is 4.35. The minimum Gasteiger partial charge on any atom is -0.330 e. The van der Waals surface area contributed by atoms with Crippen LogP contribution in [-0.4, -0.2) is 21.3 Å². The van der Waals surface area contributed by atoms with E-state index in [9.17, 15) is 0 Å². The Morgan fingerprint density at radius 2 is 1.76 bits per heavy atom. The van der Waals surface area contributed by atoms with Crippen molar-refractivity contribution in [2.24, 2.45) is 5.73 Å². The minimum atomic E-state index is 0.695. The third kappa shape index (κ3) is 2.91.